The molecule has 0 aromatic carbocycles. The molecule has 0 aliphatic heterocycles. The standard InChI is InChI=1S/C12H13NO/c1-3-4-5-6-12-10(2)7-8-11(9-14)13-12/h3-9H,1-2H3. The van der Waals surface area contributed by atoms with E-state index in [2.05, 4.69) is 4.98 Å². The largest absolute Gasteiger partial charge is 0.296 e. The number of allylic oxidation sites excluding steroid dienone is 3. The third-order valence-corrected chi connectivity index (χ3v) is 1.84. The number of pyridine rings is 1. The highest BCUT2D eigenvalue weighted by molar-refractivity contribution is 5.72. The van der Waals surface area contributed by atoms with Gasteiger partial charge in [-0.05, 0) is 31.6 Å². The minimum absolute atomic E-state index is 0.468. The van der Waals surface area contributed by atoms with Crippen molar-refractivity contribution in [2.24, 2.45) is 0 Å². The third kappa shape index (κ3) is 2.66. The number of hydrogen-bond donors (Lipinski definition) is 0. The molecule has 0 aliphatic rings. The molecule has 14 heavy (non-hydrogen) atoms. The fourth-order valence-electron chi connectivity index (χ4n) is 1.05. The highest BCUT2D eigenvalue weighted by atomic mass is 16.1. The van der Waals surface area contributed by atoms with Gasteiger partial charge >= 0.3 is 0 Å². The Kier molecular flexibility index (Phi) is 3.80. The van der Waals surface area contributed by atoms with E-state index in [9.17, 15) is 4.79 Å². The van der Waals surface area contributed by atoms with Crippen LogP contribution >= 0.6 is 0 Å². The van der Waals surface area contributed by atoms with Crippen molar-refractivity contribution in [3.63, 3.8) is 0 Å². The Labute approximate surface area is 84.0 Å². The maximum atomic E-state index is 10.5. The van der Waals surface area contributed by atoms with Crippen molar-refractivity contribution >= 4 is 12.4 Å². The Morgan fingerprint density at radius 1 is 1.29 bits per heavy atom. The van der Waals surface area contributed by atoms with Gasteiger partial charge in [0.2, 0.25) is 0 Å². The van der Waals surface area contributed by atoms with Crippen molar-refractivity contribution in [1.29, 1.82) is 0 Å². The summed E-state index contributed by atoms with van der Waals surface area (Å²) in [5.74, 6) is 0. The average molecular weight is 187 g/mol. The molecule has 0 radical (unpaired) electrons. The van der Waals surface area contributed by atoms with E-state index in [4.69, 9.17) is 0 Å². The Morgan fingerprint density at radius 2 is 2.07 bits per heavy atom. The number of carbonyl (C=O) groups excluding carboxylic acids is 1. The van der Waals surface area contributed by atoms with Crippen molar-refractivity contribution in [2.45, 2.75) is 13.8 Å². The van der Waals surface area contributed by atoms with Crippen molar-refractivity contribution in [2.75, 3.05) is 0 Å². The molecule has 1 heterocycles. The van der Waals surface area contributed by atoms with Crippen molar-refractivity contribution in [1.82, 2.24) is 4.98 Å². The molecule has 0 N–H and O–H groups in total. The Hall–Kier alpha value is -1.70. The highest BCUT2D eigenvalue weighted by Crippen LogP contribution is 2.07. The van der Waals surface area contributed by atoms with Crippen LogP contribution in [0.4, 0.5) is 0 Å². The lowest BCUT2D eigenvalue weighted by Gasteiger charge is -1.98. The molecule has 72 valence electrons. The van der Waals surface area contributed by atoms with Crippen LogP contribution in [0.5, 0.6) is 0 Å². The maximum absolute atomic E-state index is 10.5. The first kappa shape index (κ1) is 10.4. The summed E-state index contributed by atoms with van der Waals surface area (Å²) in [6, 6.07) is 3.61. The molecule has 0 bridgehead atoms. The third-order valence-electron chi connectivity index (χ3n) is 1.84. The summed E-state index contributed by atoms with van der Waals surface area (Å²) in [7, 11) is 0. The molecular weight excluding hydrogens is 174 g/mol. The van der Waals surface area contributed by atoms with Crippen LogP contribution < -0.4 is 0 Å². The molecule has 0 spiro atoms. The van der Waals surface area contributed by atoms with Crippen LogP contribution in [0, 0.1) is 6.92 Å². The summed E-state index contributed by atoms with van der Waals surface area (Å²) in [4.78, 5) is 14.7. The molecule has 0 fully saturated rings. The second-order valence-corrected chi connectivity index (χ2v) is 2.94. The molecule has 0 saturated carbocycles. The van der Waals surface area contributed by atoms with Gasteiger partial charge in [-0.2, -0.15) is 0 Å². The van der Waals surface area contributed by atoms with E-state index in [0.717, 1.165) is 17.5 Å². The van der Waals surface area contributed by atoms with Crippen LogP contribution in [0.2, 0.25) is 0 Å². The van der Waals surface area contributed by atoms with Gasteiger partial charge in [-0.1, -0.05) is 24.3 Å². The van der Waals surface area contributed by atoms with Gasteiger partial charge in [0.15, 0.2) is 6.29 Å². The highest BCUT2D eigenvalue weighted by Gasteiger charge is 1.97. The molecule has 0 atom stereocenters. The molecule has 0 saturated heterocycles. The Morgan fingerprint density at radius 3 is 2.71 bits per heavy atom. The normalized spacial score (nSPS) is 11.3. The molecule has 0 unspecified atom stereocenters. The summed E-state index contributed by atoms with van der Waals surface area (Å²) in [5.41, 5.74) is 2.37. The number of aryl methyl sites for hydroxylation is 1. The van der Waals surface area contributed by atoms with Crippen LogP contribution in [0.25, 0.3) is 6.08 Å². The second kappa shape index (κ2) is 5.12. The van der Waals surface area contributed by atoms with Gasteiger partial charge in [-0.25, -0.2) is 4.98 Å². The lowest BCUT2D eigenvalue weighted by molar-refractivity contribution is 0.111. The lowest BCUT2D eigenvalue weighted by Crippen LogP contribution is -1.92. The van der Waals surface area contributed by atoms with Gasteiger partial charge in [0.25, 0.3) is 0 Å². The van der Waals surface area contributed by atoms with Gasteiger partial charge in [-0.3, -0.25) is 4.79 Å². The summed E-state index contributed by atoms with van der Waals surface area (Å²) >= 11 is 0. The average Bonchev–Trinajstić information content (AvgIpc) is 2.21. The SMILES string of the molecule is CC=CC=Cc1nc(C=O)ccc1C. The number of rotatable bonds is 3. The number of hydrogen-bond acceptors (Lipinski definition) is 2. The molecule has 1 aromatic heterocycles. The lowest BCUT2D eigenvalue weighted by atomic mass is 10.2. The molecule has 1 rings (SSSR count). The molecule has 2 nitrogen and oxygen atoms in total. The van der Waals surface area contributed by atoms with E-state index in [1.54, 1.807) is 6.07 Å². The molecule has 0 aliphatic carbocycles. The first-order valence-corrected chi connectivity index (χ1v) is 4.50. The fourth-order valence-corrected chi connectivity index (χ4v) is 1.05. The summed E-state index contributed by atoms with van der Waals surface area (Å²) in [6.45, 7) is 3.92. The van der Waals surface area contributed by atoms with Crippen LogP contribution in [0.3, 0.4) is 0 Å². The van der Waals surface area contributed by atoms with Crippen molar-refractivity contribution in [3.8, 4) is 0 Å². The van der Waals surface area contributed by atoms with E-state index in [1.165, 1.54) is 0 Å². The van der Waals surface area contributed by atoms with Crippen molar-refractivity contribution < 1.29 is 4.79 Å². The van der Waals surface area contributed by atoms with E-state index < -0.39 is 0 Å². The minimum Gasteiger partial charge on any atom is -0.296 e. The summed E-state index contributed by atoms with van der Waals surface area (Å²) < 4.78 is 0. The first-order chi connectivity index (χ1) is 6.77. The topological polar surface area (TPSA) is 30.0 Å². The maximum Gasteiger partial charge on any atom is 0.168 e. The Balaban J connectivity index is 3.00. The van der Waals surface area contributed by atoms with Gasteiger partial charge in [0, 0.05) is 0 Å². The van der Waals surface area contributed by atoms with Crippen molar-refractivity contribution in [3.05, 3.63) is 47.3 Å². The number of aromatic nitrogens is 1. The summed E-state index contributed by atoms with van der Waals surface area (Å²) in [6.07, 6.45) is 8.42. The molecule has 0 amide bonds. The van der Waals surface area contributed by atoms with Crippen LogP contribution in [-0.4, -0.2) is 11.3 Å². The van der Waals surface area contributed by atoms with Crippen LogP contribution in [-0.2, 0) is 0 Å². The monoisotopic (exact) mass is 187 g/mol. The number of aldehydes is 1. The smallest absolute Gasteiger partial charge is 0.168 e. The van der Waals surface area contributed by atoms with E-state index in [-0.39, 0.29) is 0 Å². The van der Waals surface area contributed by atoms with Gasteiger partial charge < -0.3 is 0 Å². The van der Waals surface area contributed by atoms with Gasteiger partial charge in [0.05, 0.1) is 5.69 Å². The second-order valence-electron chi connectivity index (χ2n) is 2.94. The number of nitrogens with zero attached hydrogens (tertiary/aromatic N) is 1. The fraction of sp³-hybridized carbons (Fsp3) is 0.167. The summed E-state index contributed by atoms with van der Waals surface area (Å²) in [5, 5.41) is 0. The Bertz CT molecular complexity index is 378. The number of carbonyl (C=O) groups is 1. The first-order valence-electron chi connectivity index (χ1n) is 4.50. The zero-order valence-electron chi connectivity index (χ0n) is 8.40. The zero-order valence-corrected chi connectivity index (χ0v) is 8.40. The van der Waals surface area contributed by atoms with Crippen LogP contribution in [0.15, 0.2) is 30.4 Å². The van der Waals surface area contributed by atoms with E-state index in [1.807, 2.05) is 44.2 Å². The molecule has 1 aromatic rings. The van der Waals surface area contributed by atoms with Crippen LogP contribution in [0.1, 0.15) is 28.7 Å². The van der Waals surface area contributed by atoms with Gasteiger partial charge in [-0.15, -0.1) is 0 Å². The minimum atomic E-state index is 0.468. The molecular formula is C12H13NO. The molecule has 2 heteroatoms. The predicted molar refractivity (Wildman–Crippen MR) is 58.2 cm³/mol. The van der Waals surface area contributed by atoms with E-state index >= 15 is 0 Å². The van der Waals surface area contributed by atoms with E-state index in [0.29, 0.717) is 5.69 Å². The zero-order chi connectivity index (χ0) is 10.4. The predicted octanol–water partition coefficient (Wildman–Crippen LogP) is 2.79. The van der Waals surface area contributed by atoms with Gasteiger partial charge in [0.1, 0.15) is 5.69 Å². The quantitative estimate of drug-likeness (QED) is 0.538.